The molecule has 0 aliphatic heterocycles. The lowest BCUT2D eigenvalue weighted by molar-refractivity contribution is -0.184. The number of alkyl halides is 3. The second kappa shape index (κ2) is 5.08. The molecule has 2 N–H and O–H groups in total. The summed E-state index contributed by atoms with van der Waals surface area (Å²) in [7, 11) is 0. The number of anilines is 1. The molecule has 1 saturated carbocycles. The van der Waals surface area contributed by atoms with Gasteiger partial charge in [0.2, 0.25) is 0 Å². The first-order chi connectivity index (χ1) is 8.47. The molecule has 1 aromatic rings. The lowest BCUT2D eigenvalue weighted by Gasteiger charge is -2.34. The van der Waals surface area contributed by atoms with Gasteiger partial charge in [0.25, 0.3) is 0 Å². The Morgan fingerprint density at radius 3 is 2.56 bits per heavy atom. The molecule has 2 nitrogen and oxygen atoms in total. The van der Waals surface area contributed by atoms with Crippen LogP contribution in [0.2, 0.25) is 0 Å². The molecular weight excluding hydrogens is 243 g/mol. The first kappa shape index (κ1) is 13.1. The highest BCUT2D eigenvalue weighted by molar-refractivity contribution is 5.48. The number of halogens is 3. The highest BCUT2D eigenvalue weighted by Gasteiger charge is 2.45. The minimum Gasteiger partial charge on any atom is -0.508 e. The maximum Gasteiger partial charge on any atom is 0.393 e. The highest BCUT2D eigenvalue weighted by Crippen LogP contribution is 2.39. The summed E-state index contributed by atoms with van der Waals surface area (Å²) >= 11 is 0. The van der Waals surface area contributed by atoms with E-state index in [1.807, 2.05) is 0 Å². The Morgan fingerprint density at radius 1 is 1.17 bits per heavy atom. The van der Waals surface area contributed by atoms with Crippen LogP contribution in [0.5, 0.6) is 5.75 Å². The van der Waals surface area contributed by atoms with Crippen LogP contribution in [0, 0.1) is 5.92 Å². The normalized spacial score (nSPS) is 24.8. The van der Waals surface area contributed by atoms with Crippen LogP contribution in [0.3, 0.4) is 0 Å². The molecule has 0 aromatic heterocycles. The molecule has 1 aliphatic carbocycles. The van der Waals surface area contributed by atoms with Gasteiger partial charge in [0, 0.05) is 17.8 Å². The standard InChI is InChI=1S/C13H16F3NO/c14-13(15,16)11-6-1-2-7-12(11)17-9-4-3-5-10(18)8-9/h3-5,8,11-12,17-18H,1-2,6-7H2. The second-order valence-electron chi connectivity index (χ2n) is 4.73. The first-order valence-corrected chi connectivity index (χ1v) is 6.09. The minimum atomic E-state index is -4.16. The zero-order valence-corrected chi connectivity index (χ0v) is 9.87. The molecule has 0 amide bonds. The smallest absolute Gasteiger partial charge is 0.393 e. The molecule has 0 bridgehead atoms. The maximum atomic E-state index is 12.9. The van der Waals surface area contributed by atoms with E-state index in [2.05, 4.69) is 5.32 Å². The molecule has 2 rings (SSSR count). The Bertz CT molecular complexity index is 405. The third-order valence-electron chi connectivity index (χ3n) is 3.38. The van der Waals surface area contributed by atoms with Crippen LogP contribution in [-0.4, -0.2) is 17.3 Å². The van der Waals surface area contributed by atoms with E-state index >= 15 is 0 Å². The van der Waals surface area contributed by atoms with Crippen molar-refractivity contribution in [3.8, 4) is 5.75 Å². The third kappa shape index (κ3) is 3.09. The molecule has 2 atom stereocenters. The fraction of sp³-hybridized carbons (Fsp3) is 0.538. The SMILES string of the molecule is Oc1cccc(NC2CCCCC2C(F)(F)F)c1. The van der Waals surface area contributed by atoms with Crippen molar-refractivity contribution in [1.82, 2.24) is 0 Å². The summed E-state index contributed by atoms with van der Waals surface area (Å²) in [5.41, 5.74) is 0.538. The number of benzene rings is 1. The number of phenols is 1. The lowest BCUT2D eigenvalue weighted by Crippen LogP contribution is -2.41. The number of rotatable bonds is 2. The fourth-order valence-electron chi connectivity index (χ4n) is 2.51. The van der Waals surface area contributed by atoms with Gasteiger partial charge in [-0.15, -0.1) is 0 Å². The quantitative estimate of drug-likeness (QED) is 0.843. The molecule has 1 aliphatic rings. The van der Waals surface area contributed by atoms with Gasteiger partial charge in [0.1, 0.15) is 5.75 Å². The molecule has 1 aromatic carbocycles. The van der Waals surface area contributed by atoms with E-state index in [4.69, 9.17) is 0 Å². The maximum absolute atomic E-state index is 12.9. The Morgan fingerprint density at radius 2 is 1.89 bits per heavy atom. The minimum absolute atomic E-state index is 0.0550. The monoisotopic (exact) mass is 259 g/mol. The fourth-order valence-corrected chi connectivity index (χ4v) is 2.51. The van der Waals surface area contributed by atoms with E-state index in [9.17, 15) is 18.3 Å². The van der Waals surface area contributed by atoms with Crippen molar-refractivity contribution in [3.63, 3.8) is 0 Å². The molecule has 0 radical (unpaired) electrons. The molecule has 2 unspecified atom stereocenters. The average molecular weight is 259 g/mol. The summed E-state index contributed by atoms with van der Waals surface area (Å²) in [6, 6.07) is 5.63. The van der Waals surface area contributed by atoms with Crippen molar-refractivity contribution in [2.75, 3.05) is 5.32 Å². The largest absolute Gasteiger partial charge is 0.508 e. The lowest BCUT2D eigenvalue weighted by atomic mass is 9.84. The van der Waals surface area contributed by atoms with Crippen LogP contribution in [0.4, 0.5) is 18.9 Å². The second-order valence-corrected chi connectivity index (χ2v) is 4.73. The summed E-state index contributed by atoms with van der Waals surface area (Å²) in [5, 5.41) is 12.2. The van der Waals surface area contributed by atoms with Crippen molar-refractivity contribution >= 4 is 5.69 Å². The first-order valence-electron chi connectivity index (χ1n) is 6.09. The van der Waals surface area contributed by atoms with E-state index < -0.39 is 18.1 Å². The van der Waals surface area contributed by atoms with Crippen LogP contribution < -0.4 is 5.32 Å². The van der Waals surface area contributed by atoms with Crippen molar-refractivity contribution in [3.05, 3.63) is 24.3 Å². The van der Waals surface area contributed by atoms with Crippen LogP contribution in [0.1, 0.15) is 25.7 Å². The average Bonchev–Trinajstić information content (AvgIpc) is 2.28. The molecule has 0 spiro atoms. The summed E-state index contributed by atoms with van der Waals surface area (Å²) in [6.07, 6.45) is -2.03. The third-order valence-corrected chi connectivity index (χ3v) is 3.38. The summed E-state index contributed by atoms with van der Waals surface area (Å²) in [6.45, 7) is 0. The van der Waals surface area contributed by atoms with Crippen LogP contribution >= 0.6 is 0 Å². The predicted molar refractivity (Wildman–Crippen MR) is 63.5 cm³/mol. The molecule has 5 heteroatoms. The number of nitrogens with one attached hydrogen (secondary N) is 1. The van der Waals surface area contributed by atoms with Gasteiger partial charge in [0.15, 0.2) is 0 Å². The molecular formula is C13H16F3NO. The highest BCUT2D eigenvalue weighted by atomic mass is 19.4. The van der Waals surface area contributed by atoms with Crippen LogP contribution in [-0.2, 0) is 0 Å². The predicted octanol–water partition coefficient (Wildman–Crippen LogP) is 3.93. The zero-order valence-electron chi connectivity index (χ0n) is 9.87. The summed E-state index contributed by atoms with van der Waals surface area (Å²) < 4.78 is 38.7. The van der Waals surface area contributed by atoms with E-state index in [0.29, 0.717) is 18.5 Å². The summed E-state index contributed by atoms with van der Waals surface area (Å²) in [4.78, 5) is 0. The van der Waals surface area contributed by atoms with Crippen molar-refractivity contribution in [2.45, 2.75) is 37.9 Å². The van der Waals surface area contributed by atoms with Crippen molar-refractivity contribution in [1.29, 1.82) is 0 Å². The van der Waals surface area contributed by atoms with Gasteiger partial charge >= 0.3 is 6.18 Å². The van der Waals surface area contributed by atoms with Gasteiger partial charge in [-0.05, 0) is 25.0 Å². The summed E-state index contributed by atoms with van der Waals surface area (Å²) in [5.74, 6) is -1.24. The van der Waals surface area contributed by atoms with Gasteiger partial charge < -0.3 is 10.4 Å². The topological polar surface area (TPSA) is 32.3 Å². The number of phenolic OH excluding ortho intramolecular Hbond substituents is 1. The van der Waals surface area contributed by atoms with Gasteiger partial charge in [-0.25, -0.2) is 0 Å². The molecule has 1 fully saturated rings. The molecule has 100 valence electrons. The van der Waals surface area contributed by atoms with Crippen molar-refractivity contribution in [2.24, 2.45) is 5.92 Å². The Hall–Kier alpha value is -1.39. The number of hydrogen-bond donors (Lipinski definition) is 2. The van der Waals surface area contributed by atoms with E-state index in [1.54, 1.807) is 12.1 Å². The Kier molecular flexibility index (Phi) is 3.68. The molecule has 18 heavy (non-hydrogen) atoms. The Balaban J connectivity index is 2.10. The molecule has 0 saturated heterocycles. The van der Waals surface area contributed by atoms with E-state index in [0.717, 1.165) is 6.42 Å². The van der Waals surface area contributed by atoms with Crippen LogP contribution in [0.25, 0.3) is 0 Å². The number of aromatic hydroxyl groups is 1. The van der Waals surface area contributed by atoms with Crippen molar-refractivity contribution < 1.29 is 18.3 Å². The molecule has 0 heterocycles. The van der Waals surface area contributed by atoms with E-state index in [-0.39, 0.29) is 12.2 Å². The zero-order chi connectivity index (χ0) is 13.2. The van der Waals surface area contributed by atoms with Gasteiger partial charge in [-0.3, -0.25) is 0 Å². The van der Waals surface area contributed by atoms with Crippen LogP contribution in [0.15, 0.2) is 24.3 Å². The van der Waals surface area contributed by atoms with Gasteiger partial charge in [0.05, 0.1) is 5.92 Å². The number of hydrogen-bond acceptors (Lipinski definition) is 2. The van der Waals surface area contributed by atoms with Gasteiger partial charge in [-0.1, -0.05) is 18.9 Å². The Labute approximate surface area is 104 Å². The van der Waals surface area contributed by atoms with Gasteiger partial charge in [-0.2, -0.15) is 13.2 Å². The van der Waals surface area contributed by atoms with E-state index in [1.165, 1.54) is 12.1 Å².